The Kier molecular flexibility index (Phi) is 1.59. The van der Waals surface area contributed by atoms with Gasteiger partial charge in [0.1, 0.15) is 5.69 Å². The van der Waals surface area contributed by atoms with E-state index in [0.717, 1.165) is 5.69 Å². The Bertz CT molecular complexity index is 341. The predicted octanol–water partition coefficient (Wildman–Crippen LogP) is 1.58. The van der Waals surface area contributed by atoms with E-state index in [1.807, 2.05) is 5.38 Å². The van der Waals surface area contributed by atoms with Crippen LogP contribution in [0.2, 0.25) is 5.28 Å². The van der Waals surface area contributed by atoms with Gasteiger partial charge in [-0.3, -0.25) is 0 Å². The molecule has 4 nitrogen and oxygen atoms in total. The summed E-state index contributed by atoms with van der Waals surface area (Å²) in [5, 5.41) is 8.51. The Labute approximate surface area is 71.3 Å². The van der Waals surface area contributed by atoms with Crippen molar-refractivity contribution in [2.45, 2.75) is 0 Å². The molecule has 0 fully saturated rings. The number of aromatic amines is 1. The molecule has 56 valence electrons. The molecule has 0 saturated heterocycles. The third kappa shape index (κ3) is 1.24. The molecule has 0 aliphatic heterocycles. The van der Waals surface area contributed by atoms with Crippen molar-refractivity contribution >= 4 is 22.9 Å². The van der Waals surface area contributed by atoms with E-state index in [9.17, 15) is 0 Å². The zero-order chi connectivity index (χ0) is 7.68. The highest BCUT2D eigenvalue weighted by atomic mass is 35.5. The highest BCUT2D eigenvalue weighted by molar-refractivity contribution is 7.07. The van der Waals surface area contributed by atoms with Crippen LogP contribution in [0.3, 0.4) is 0 Å². The van der Waals surface area contributed by atoms with Gasteiger partial charge in [-0.15, -0.1) is 11.3 Å². The standard InChI is InChI=1S/C5H3ClN4S/c6-5-8-4(9-10-5)3-1-11-2-7-3/h1-2H,(H,8,9,10). The first-order valence-electron chi connectivity index (χ1n) is 2.83. The summed E-state index contributed by atoms with van der Waals surface area (Å²) < 4.78 is 0. The number of nitrogens with zero attached hydrogens (tertiary/aromatic N) is 3. The summed E-state index contributed by atoms with van der Waals surface area (Å²) in [5.41, 5.74) is 2.47. The van der Waals surface area contributed by atoms with E-state index in [0.29, 0.717) is 5.82 Å². The van der Waals surface area contributed by atoms with Gasteiger partial charge >= 0.3 is 0 Å². The number of H-pyrrole nitrogens is 1. The topological polar surface area (TPSA) is 54.5 Å². The van der Waals surface area contributed by atoms with Crippen molar-refractivity contribution in [2.75, 3.05) is 0 Å². The lowest BCUT2D eigenvalue weighted by Crippen LogP contribution is -1.78. The molecule has 0 aliphatic rings. The van der Waals surface area contributed by atoms with Crippen LogP contribution in [0, 0.1) is 0 Å². The first-order valence-corrected chi connectivity index (χ1v) is 4.15. The van der Waals surface area contributed by atoms with Crippen LogP contribution in [0.15, 0.2) is 10.9 Å². The second-order valence-electron chi connectivity index (χ2n) is 1.82. The first-order chi connectivity index (χ1) is 5.36. The normalized spacial score (nSPS) is 10.3. The average Bonchev–Trinajstić information content (AvgIpc) is 2.55. The van der Waals surface area contributed by atoms with E-state index >= 15 is 0 Å². The number of hydrogen-bond donors (Lipinski definition) is 1. The Morgan fingerprint density at radius 1 is 1.55 bits per heavy atom. The van der Waals surface area contributed by atoms with Gasteiger partial charge in [0, 0.05) is 5.38 Å². The molecule has 0 unspecified atom stereocenters. The maximum Gasteiger partial charge on any atom is 0.218 e. The minimum atomic E-state index is 0.285. The Morgan fingerprint density at radius 2 is 2.45 bits per heavy atom. The number of halogens is 1. The fraction of sp³-hybridized carbons (Fsp3) is 0. The van der Waals surface area contributed by atoms with Crippen LogP contribution in [0.25, 0.3) is 11.5 Å². The predicted molar refractivity (Wildman–Crippen MR) is 42.5 cm³/mol. The van der Waals surface area contributed by atoms with Crippen molar-refractivity contribution in [1.29, 1.82) is 0 Å². The zero-order valence-corrected chi connectivity index (χ0v) is 6.85. The first kappa shape index (κ1) is 6.75. The molecule has 0 saturated carbocycles. The van der Waals surface area contributed by atoms with Crippen LogP contribution in [-0.4, -0.2) is 20.2 Å². The number of rotatable bonds is 1. The summed E-state index contributed by atoms with van der Waals surface area (Å²) in [5.74, 6) is 0.538. The zero-order valence-electron chi connectivity index (χ0n) is 5.28. The lowest BCUT2D eigenvalue weighted by atomic mass is 10.5. The van der Waals surface area contributed by atoms with Gasteiger partial charge in [-0.25, -0.2) is 10.1 Å². The molecule has 0 atom stereocenters. The Hall–Kier alpha value is -0.940. The van der Waals surface area contributed by atoms with Crippen molar-refractivity contribution in [2.24, 2.45) is 0 Å². The highest BCUT2D eigenvalue weighted by Gasteiger charge is 2.04. The number of aromatic nitrogens is 4. The summed E-state index contributed by atoms with van der Waals surface area (Å²) in [7, 11) is 0. The van der Waals surface area contributed by atoms with Crippen LogP contribution < -0.4 is 0 Å². The number of nitrogens with one attached hydrogen (secondary N) is 1. The smallest absolute Gasteiger partial charge is 0.218 e. The third-order valence-electron chi connectivity index (χ3n) is 1.12. The molecule has 11 heavy (non-hydrogen) atoms. The van der Waals surface area contributed by atoms with Crippen molar-refractivity contribution in [3.05, 3.63) is 16.2 Å². The number of thiazole rings is 1. The monoisotopic (exact) mass is 186 g/mol. The van der Waals surface area contributed by atoms with Crippen LogP contribution in [-0.2, 0) is 0 Å². The van der Waals surface area contributed by atoms with Gasteiger partial charge in [-0.1, -0.05) is 0 Å². The summed E-state index contributed by atoms with van der Waals surface area (Å²) in [6.07, 6.45) is 0. The minimum absolute atomic E-state index is 0.285. The molecule has 0 amide bonds. The van der Waals surface area contributed by atoms with Crippen molar-refractivity contribution < 1.29 is 0 Å². The van der Waals surface area contributed by atoms with E-state index in [-0.39, 0.29) is 5.28 Å². The van der Waals surface area contributed by atoms with E-state index < -0.39 is 0 Å². The molecular weight excluding hydrogens is 184 g/mol. The van der Waals surface area contributed by atoms with Gasteiger partial charge in [-0.05, 0) is 11.6 Å². The summed E-state index contributed by atoms with van der Waals surface area (Å²) >= 11 is 7.02. The maximum atomic E-state index is 5.52. The summed E-state index contributed by atoms with van der Waals surface area (Å²) in [4.78, 5) is 7.91. The molecule has 0 aliphatic carbocycles. The van der Waals surface area contributed by atoms with Gasteiger partial charge in [0.2, 0.25) is 11.1 Å². The fourth-order valence-corrected chi connectivity index (χ4v) is 1.33. The second-order valence-corrected chi connectivity index (χ2v) is 2.90. The van der Waals surface area contributed by atoms with E-state index in [2.05, 4.69) is 20.2 Å². The van der Waals surface area contributed by atoms with Gasteiger partial charge in [0.05, 0.1) is 5.51 Å². The van der Waals surface area contributed by atoms with E-state index in [4.69, 9.17) is 11.6 Å². The SMILES string of the molecule is Clc1nc(-c2cscn2)n[nH]1. The largest absolute Gasteiger partial charge is 0.249 e. The van der Waals surface area contributed by atoms with Gasteiger partial charge in [0.15, 0.2) is 0 Å². The molecule has 6 heteroatoms. The maximum absolute atomic E-state index is 5.52. The lowest BCUT2D eigenvalue weighted by Gasteiger charge is -1.80. The molecule has 2 aromatic heterocycles. The van der Waals surface area contributed by atoms with E-state index in [1.54, 1.807) is 5.51 Å². The minimum Gasteiger partial charge on any atom is -0.249 e. The van der Waals surface area contributed by atoms with Gasteiger partial charge in [-0.2, -0.15) is 10.1 Å². The molecule has 2 aromatic rings. The average molecular weight is 187 g/mol. The molecule has 0 radical (unpaired) electrons. The molecular formula is C5H3ClN4S. The molecule has 0 bridgehead atoms. The van der Waals surface area contributed by atoms with E-state index in [1.165, 1.54) is 11.3 Å². The third-order valence-corrected chi connectivity index (χ3v) is 1.88. The van der Waals surface area contributed by atoms with Crippen molar-refractivity contribution in [1.82, 2.24) is 20.2 Å². The van der Waals surface area contributed by atoms with Crippen LogP contribution in [0.4, 0.5) is 0 Å². The highest BCUT2D eigenvalue weighted by Crippen LogP contribution is 2.14. The van der Waals surface area contributed by atoms with Gasteiger partial charge in [0.25, 0.3) is 0 Å². The second kappa shape index (κ2) is 2.60. The molecule has 0 aromatic carbocycles. The Balaban J connectivity index is 2.45. The summed E-state index contributed by atoms with van der Waals surface area (Å²) in [6.45, 7) is 0. The molecule has 0 spiro atoms. The molecule has 2 rings (SSSR count). The molecule has 1 N–H and O–H groups in total. The quantitative estimate of drug-likeness (QED) is 0.736. The number of hydrogen-bond acceptors (Lipinski definition) is 4. The van der Waals surface area contributed by atoms with Gasteiger partial charge < -0.3 is 0 Å². The molecule has 2 heterocycles. The Morgan fingerprint density at radius 3 is 3.00 bits per heavy atom. The van der Waals surface area contributed by atoms with Crippen molar-refractivity contribution in [3.63, 3.8) is 0 Å². The van der Waals surface area contributed by atoms with Crippen molar-refractivity contribution in [3.8, 4) is 11.5 Å². The van der Waals surface area contributed by atoms with Crippen LogP contribution in [0.5, 0.6) is 0 Å². The van der Waals surface area contributed by atoms with Crippen LogP contribution >= 0.6 is 22.9 Å². The lowest BCUT2D eigenvalue weighted by molar-refractivity contribution is 1.09. The summed E-state index contributed by atoms with van der Waals surface area (Å²) in [6, 6.07) is 0. The fourth-order valence-electron chi connectivity index (χ4n) is 0.680. The van der Waals surface area contributed by atoms with Crippen LogP contribution in [0.1, 0.15) is 0 Å².